The SMILES string of the molecule is CC/C=C\C/C=C\C/C=C\C/C=C\CCCCCCCCCCCCCCCCCCCCCCCCC(=O)NC(COP(=O)([O-])OCC[N+](C)(C)C)C(O)CCCCCCCCCCCCCCCCCCCCCCCCCC. The summed E-state index contributed by atoms with van der Waals surface area (Å²) in [7, 11) is 1.32. The molecule has 3 unspecified atom stereocenters. The van der Waals surface area contributed by atoms with Crippen LogP contribution in [0, 0.1) is 0 Å². The van der Waals surface area contributed by atoms with Gasteiger partial charge in [0.1, 0.15) is 13.2 Å². The maximum atomic E-state index is 13.1. The molecule has 2 N–H and O–H groups in total. The highest BCUT2D eigenvalue weighted by Crippen LogP contribution is 2.38. The number of amides is 1. The molecule has 0 aromatic heterocycles. The summed E-state index contributed by atoms with van der Waals surface area (Å²) in [5.74, 6) is -0.157. The number of rotatable bonds is 66. The number of quaternary nitrogens is 1. The Hall–Kier alpha value is -1.54. The van der Waals surface area contributed by atoms with Gasteiger partial charge in [0.15, 0.2) is 0 Å². The van der Waals surface area contributed by atoms with E-state index >= 15 is 0 Å². The van der Waals surface area contributed by atoms with E-state index in [1.807, 2.05) is 21.1 Å². The number of aliphatic hydroxyl groups is 1. The lowest BCUT2D eigenvalue weighted by atomic mass is 10.0. The van der Waals surface area contributed by atoms with Crippen LogP contribution in [0.15, 0.2) is 48.6 Å². The van der Waals surface area contributed by atoms with E-state index < -0.39 is 20.0 Å². The van der Waals surface area contributed by atoms with Gasteiger partial charge in [-0.05, 0) is 51.4 Å². The van der Waals surface area contributed by atoms with E-state index in [2.05, 4.69) is 67.8 Å². The lowest BCUT2D eigenvalue weighted by Crippen LogP contribution is -2.46. The first-order chi connectivity index (χ1) is 39.5. The molecule has 478 valence electrons. The van der Waals surface area contributed by atoms with Crippen molar-refractivity contribution < 1.29 is 32.9 Å². The lowest BCUT2D eigenvalue weighted by molar-refractivity contribution is -0.870. The Morgan fingerprint density at radius 2 is 0.753 bits per heavy atom. The van der Waals surface area contributed by atoms with Crippen LogP contribution in [0.25, 0.3) is 0 Å². The van der Waals surface area contributed by atoms with Gasteiger partial charge in [-0.15, -0.1) is 0 Å². The third-order valence-electron chi connectivity index (χ3n) is 16.3. The molecular weight excluding hydrogens is 1020 g/mol. The van der Waals surface area contributed by atoms with E-state index in [4.69, 9.17) is 9.05 Å². The second-order valence-corrected chi connectivity index (χ2v) is 27.0. The summed E-state index contributed by atoms with van der Waals surface area (Å²) >= 11 is 0. The van der Waals surface area contributed by atoms with Gasteiger partial charge >= 0.3 is 0 Å². The quantitative estimate of drug-likeness (QED) is 0.0272. The van der Waals surface area contributed by atoms with Crippen LogP contribution >= 0.6 is 7.82 Å². The standard InChI is InChI=1S/C72H139N2O6P/c1-6-8-10-12-14-16-18-20-22-24-26-28-30-32-33-34-35-36-37-38-39-40-41-42-44-46-48-50-52-54-56-58-60-62-64-66-72(76)73-70(69-80-81(77,78)79-68-67-74(3,4)5)71(75)65-63-61-59-57-55-53-51-49-47-45-43-31-29-27-25-23-21-19-17-15-13-11-9-7-2/h8,10,14,16,20,22,26,28,70-71,75H,6-7,9,11-13,15,17-19,21,23-25,27,29-69H2,1-5H3,(H-,73,76,77,78)/b10-8-,16-14-,22-20-,28-26-. The van der Waals surface area contributed by atoms with Crippen LogP contribution in [-0.4, -0.2) is 68.5 Å². The van der Waals surface area contributed by atoms with Gasteiger partial charge in [0, 0.05) is 6.42 Å². The zero-order chi connectivity index (χ0) is 59.1. The van der Waals surface area contributed by atoms with E-state index in [0.29, 0.717) is 23.9 Å². The number of nitrogens with zero attached hydrogens (tertiary/aromatic N) is 1. The smallest absolute Gasteiger partial charge is 0.268 e. The number of phosphoric ester groups is 1. The predicted molar refractivity (Wildman–Crippen MR) is 353 cm³/mol. The normalized spacial score (nSPS) is 13.9. The van der Waals surface area contributed by atoms with E-state index in [1.165, 1.54) is 263 Å². The summed E-state index contributed by atoms with van der Waals surface area (Å²) in [6, 6.07) is -0.801. The number of allylic oxidation sites excluding steroid dienone is 8. The van der Waals surface area contributed by atoms with Gasteiger partial charge in [-0.3, -0.25) is 9.36 Å². The number of unbranched alkanes of at least 4 members (excludes halogenated alkanes) is 45. The highest BCUT2D eigenvalue weighted by molar-refractivity contribution is 7.45. The van der Waals surface area contributed by atoms with Crippen molar-refractivity contribution in [2.45, 2.75) is 366 Å². The summed E-state index contributed by atoms with van der Waals surface area (Å²) < 4.78 is 23.5. The zero-order valence-electron chi connectivity index (χ0n) is 54.8. The molecule has 8 nitrogen and oxygen atoms in total. The highest BCUT2D eigenvalue weighted by atomic mass is 31.2. The number of phosphoric acid groups is 1. The molecule has 0 aliphatic rings. The Morgan fingerprint density at radius 1 is 0.444 bits per heavy atom. The summed E-state index contributed by atoms with van der Waals surface area (Å²) in [6.45, 7) is 4.67. The zero-order valence-corrected chi connectivity index (χ0v) is 55.6. The second-order valence-electron chi connectivity index (χ2n) is 25.6. The van der Waals surface area contributed by atoms with Crippen LogP contribution in [0.3, 0.4) is 0 Å². The molecular formula is C72H139N2O6P. The van der Waals surface area contributed by atoms with E-state index in [-0.39, 0.29) is 19.1 Å². The molecule has 81 heavy (non-hydrogen) atoms. The van der Waals surface area contributed by atoms with Crippen LogP contribution < -0.4 is 10.2 Å². The third-order valence-corrected chi connectivity index (χ3v) is 17.3. The fourth-order valence-corrected chi connectivity index (χ4v) is 11.6. The maximum Gasteiger partial charge on any atom is 0.268 e. The number of carbonyl (C=O) groups excluding carboxylic acids is 1. The van der Waals surface area contributed by atoms with Crippen LogP contribution in [0.2, 0.25) is 0 Å². The van der Waals surface area contributed by atoms with E-state index in [1.54, 1.807) is 0 Å². The number of nitrogens with one attached hydrogen (secondary N) is 1. The summed E-state index contributed by atoms with van der Waals surface area (Å²) in [6.07, 6.45) is 84.8. The van der Waals surface area contributed by atoms with Crippen molar-refractivity contribution in [3.8, 4) is 0 Å². The summed E-state index contributed by atoms with van der Waals surface area (Å²) in [4.78, 5) is 25.7. The monoisotopic (exact) mass is 1160 g/mol. The first-order valence-corrected chi connectivity index (χ1v) is 36.9. The largest absolute Gasteiger partial charge is 0.756 e. The van der Waals surface area contributed by atoms with Crippen molar-refractivity contribution in [3.05, 3.63) is 48.6 Å². The summed E-state index contributed by atoms with van der Waals surface area (Å²) in [5, 5.41) is 14.1. The Morgan fingerprint density at radius 3 is 1.10 bits per heavy atom. The number of hydrogen-bond donors (Lipinski definition) is 2. The highest BCUT2D eigenvalue weighted by Gasteiger charge is 2.24. The molecule has 0 saturated heterocycles. The third kappa shape index (κ3) is 65.9. The lowest BCUT2D eigenvalue weighted by Gasteiger charge is -2.30. The minimum atomic E-state index is -4.58. The first-order valence-electron chi connectivity index (χ1n) is 35.5. The molecule has 0 saturated carbocycles. The maximum absolute atomic E-state index is 13.1. The van der Waals surface area contributed by atoms with Gasteiger partial charge in [0.05, 0.1) is 39.9 Å². The Balaban J connectivity index is 3.97. The minimum Gasteiger partial charge on any atom is -0.756 e. The van der Waals surface area contributed by atoms with Crippen molar-refractivity contribution in [1.29, 1.82) is 0 Å². The van der Waals surface area contributed by atoms with Crippen LogP contribution in [0.5, 0.6) is 0 Å². The first kappa shape index (κ1) is 79.5. The van der Waals surface area contributed by atoms with Crippen LogP contribution in [-0.2, 0) is 18.4 Å². The van der Waals surface area contributed by atoms with Crippen LogP contribution in [0.1, 0.15) is 354 Å². The minimum absolute atomic E-state index is 0.0142. The fraction of sp³-hybridized carbons (Fsp3) is 0.875. The molecule has 0 aromatic carbocycles. The fourth-order valence-electron chi connectivity index (χ4n) is 10.9. The van der Waals surface area contributed by atoms with Crippen molar-refractivity contribution >= 4 is 13.7 Å². The predicted octanol–water partition coefficient (Wildman–Crippen LogP) is 22.0. The van der Waals surface area contributed by atoms with Gasteiger partial charge in [0.2, 0.25) is 5.91 Å². The number of aliphatic hydroxyl groups excluding tert-OH is 1. The average molecular weight is 1160 g/mol. The molecule has 0 bridgehead atoms. The molecule has 0 aliphatic carbocycles. The molecule has 9 heteroatoms. The van der Waals surface area contributed by atoms with E-state index in [9.17, 15) is 19.4 Å². The van der Waals surface area contributed by atoms with Gasteiger partial charge in [0.25, 0.3) is 7.82 Å². The Bertz CT molecular complexity index is 1460. The molecule has 0 aromatic rings. The molecule has 0 rings (SSSR count). The molecule has 3 atom stereocenters. The molecule has 0 heterocycles. The van der Waals surface area contributed by atoms with Gasteiger partial charge in [-0.25, -0.2) is 0 Å². The number of hydrogen-bond acceptors (Lipinski definition) is 6. The van der Waals surface area contributed by atoms with Crippen LogP contribution in [0.4, 0.5) is 0 Å². The molecule has 1 amide bonds. The van der Waals surface area contributed by atoms with Gasteiger partial charge in [-0.1, -0.05) is 345 Å². The molecule has 0 spiro atoms. The Kier molecular flexibility index (Phi) is 61.8. The number of carbonyl (C=O) groups is 1. The second kappa shape index (κ2) is 63.0. The van der Waals surface area contributed by atoms with Gasteiger partial charge in [-0.2, -0.15) is 0 Å². The van der Waals surface area contributed by atoms with Crippen molar-refractivity contribution in [2.24, 2.45) is 0 Å². The Labute approximate surface area is 505 Å². The van der Waals surface area contributed by atoms with Crippen molar-refractivity contribution in [3.63, 3.8) is 0 Å². The number of likely N-dealkylation sites (N-methyl/N-ethyl adjacent to an activating group) is 1. The van der Waals surface area contributed by atoms with E-state index in [0.717, 1.165) is 64.2 Å². The van der Waals surface area contributed by atoms with Crippen molar-refractivity contribution in [1.82, 2.24) is 5.32 Å². The molecule has 0 fully saturated rings. The van der Waals surface area contributed by atoms with Crippen molar-refractivity contribution in [2.75, 3.05) is 40.9 Å². The average Bonchev–Trinajstić information content (AvgIpc) is 3.43. The summed E-state index contributed by atoms with van der Waals surface area (Å²) in [5.41, 5.74) is 0. The van der Waals surface area contributed by atoms with Gasteiger partial charge < -0.3 is 28.8 Å². The molecule has 0 aliphatic heterocycles. The topological polar surface area (TPSA) is 108 Å². The molecule has 0 radical (unpaired) electrons.